The maximum Gasteiger partial charge on any atom is 0.410 e. The number of ether oxygens (including phenoxy) is 1. The van der Waals surface area contributed by atoms with Crippen LogP contribution in [-0.4, -0.2) is 43.9 Å². The number of benzene rings is 1. The zero-order valence-electron chi connectivity index (χ0n) is 14.6. The van der Waals surface area contributed by atoms with Gasteiger partial charge in [0.1, 0.15) is 5.60 Å². The molecule has 1 aliphatic heterocycles. The summed E-state index contributed by atoms with van der Waals surface area (Å²) in [6.45, 7) is 6.35. The molecule has 1 saturated heterocycles. The first-order valence-corrected chi connectivity index (χ1v) is 10.5. The van der Waals surface area contributed by atoms with Crippen molar-refractivity contribution in [3.05, 3.63) is 28.2 Å². The second-order valence-electron chi connectivity index (χ2n) is 7.29. The Morgan fingerprint density at radius 2 is 2.00 bits per heavy atom. The van der Waals surface area contributed by atoms with Gasteiger partial charge in [0.25, 0.3) is 0 Å². The molecule has 1 aromatic rings. The number of halogens is 2. The summed E-state index contributed by atoms with van der Waals surface area (Å²) in [6.07, 6.45) is 1.08. The smallest absolute Gasteiger partial charge is 0.410 e. The molecule has 1 heterocycles. The van der Waals surface area contributed by atoms with Crippen LogP contribution in [0.3, 0.4) is 0 Å². The van der Waals surface area contributed by atoms with E-state index in [-0.39, 0.29) is 21.6 Å². The van der Waals surface area contributed by atoms with Crippen molar-refractivity contribution in [3.8, 4) is 0 Å². The number of rotatable bonds is 3. The van der Waals surface area contributed by atoms with E-state index in [4.69, 9.17) is 27.9 Å². The molecule has 8 heteroatoms. The molecule has 0 N–H and O–H groups in total. The zero-order valence-corrected chi connectivity index (χ0v) is 16.9. The van der Waals surface area contributed by atoms with Gasteiger partial charge in [-0.3, -0.25) is 0 Å². The molecule has 1 aliphatic rings. The second kappa shape index (κ2) is 7.72. The van der Waals surface area contributed by atoms with Crippen molar-refractivity contribution in [1.82, 2.24) is 4.90 Å². The van der Waals surface area contributed by atoms with Crippen LogP contribution in [-0.2, 0) is 14.6 Å². The van der Waals surface area contributed by atoms with Gasteiger partial charge in [0.2, 0.25) is 0 Å². The number of carbonyl (C=O) groups excluding carboxylic acids is 1. The largest absolute Gasteiger partial charge is 0.444 e. The minimum absolute atomic E-state index is 0.0619. The highest BCUT2D eigenvalue weighted by atomic mass is 35.5. The van der Waals surface area contributed by atoms with Crippen LogP contribution < -0.4 is 0 Å². The van der Waals surface area contributed by atoms with Crippen LogP contribution in [0.4, 0.5) is 4.79 Å². The number of hydrogen-bond donors (Lipinski definition) is 0. The van der Waals surface area contributed by atoms with E-state index in [2.05, 4.69) is 0 Å². The van der Waals surface area contributed by atoms with Gasteiger partial charge in [-0.25, -0.2) is 13.2 Å². The second-order valence-corrected chi connectivity index (χ2v) is 10.1. The minimum atomic E-state index is -3.56. The van der Waals surface area contributed by atoms with Gasteiger partial charge in [-0.2, -0.15) is 0 Å². The van der Waals surface area contributed by atoms with Gasteiger partial charge in [0, 0.05) is 18.1 Å². The average Bonchev–Trinajstić information content (AvgIpc) is 2.44. The molecule has 1 fully saturated rings. The standard InChI is InChI=1S/C17H23Cl2NO4S/c1-17(2,3)24-16(21)20-8-4-5-12(10-20)11-25(22,23)15-7-6-13(18)9-14(15)19/h6-7,9,12H,4-5,8,10-11H2,1-3H3/t12-/m0/s1. The number of amides is 1. The third kappa shape index (κ3) is 5.76. The Morgan fingerprint density at radius 1 is 1.32 bits per heavy atom. The van der Waals surface area contributed by atoms with Crippen molar-refractivity contribution < 1.29 is 17.9 Å². The lowest BCUT2D eigenvalue weighted by Crippen LogP contribution is -2.44. The molecule has 5 nitrogen and oxygen atoms in total. The molecule has 0 saturated carbocycles. The highest BCUT2D eigenvalue weighted by molar-refractivity contribution is 7.91. The molecule has 140 valence electrons. The van der Waals surface area contributed by atoms with Crippen molar-refractivity contribution in [2.24, 2.45) is 5.92 Å². The molecule has 1 aromatic carbocycles. The van der Waals surface area contributed by atoms with Crippen molar-refractivity contribution >= 4 is 39.1 Å². The first-order valence-electron chi connectivity index (χ1n) is 8.14. The number of piperidine rings is 1. The lowest BCUT2D eigenvalue weighted by Gasteiger charge is -2.34. The Morgan fingerprint density at radius 3 is 2.60 bits per heavy atom. The molecular formula is C17H23Cl2NO4S. The summed E-state index contributed by atoms with van der Waals surface area (Å²) in [5.74, 6) is -0.216. The number of likely N-dealkylation sites (tertiary alicyclic amines) is 1. The van der Waals surface area contributed by atoms with Gasteiger partial charge in [0.05, 0.1) is 15.7 Å². The van der Waals surface area contributed by atoms with Crippen LogP contribution in [0, 0.1) is 5.92 Å². The number of sulfone groups is 1. The molecule has 0 spiro atoms. The quantitative estimate of drug-likeness (QED) is 0.743. The van der Waals surface area contributed by atoms with E-state index in [1.54, 1.807) is 25.7 Å². The first kappa shape index (κ1) is 20.3. The molecule has 0 radical (unpaired) electrons. The third-order valence-corrected chi connectivity index (χ3v) is 6.45. The van der Waals surface area contributed by atoms with Gasteiger partial charge in [-0.15, -0.1) is 0 Å². The van der Waals surface area contributed by atoms with Crippen molar-refractivity contribution in [1.29, 1.82) is 0 Å². The van der Waals surface area contributed by atoms with Gasteiger partial charge < -0.3 is 9.64 Å². The van der Waals surface area contributed by atoms with E-state index in [1.165, 1.54) is 18.2 Å². The summed E-state index contributed by atoms with van der Waals surface area (Å²) in [7, 11) is -3.56. The molecule has 1 atom stereocenters. The van der Waals surface area contributed by atoms with E-state index >= 15 is 0 Å². The summed E-state index contributed by atoms with van der Waals surface area (Å²) in [5, 5.41) is 0.505. The lowest BCUT2D eigenvalue weighted by molar-refractivity contribution is 0.0176. The van der Waals surface area contributed by atoms with Crippen LogP contribution in [0.15, 0.2) is 23.1 Å². The molecule has 1 amide bonds. The van der Waals surface area contributed by atoms with Crippen molar-refractivity contribution in [2.45, 2.75) is 44.1 Å². The summed E-state index contributed by atoms with van der Waals surface area (Å²) in [5.41, 5.74) is -0.576. The highest BCUT2D eigenvalue weighted by Gasteiger charge is 2.31. The Hall–Kier alpha value is -0.980. The van der Waals surface area contributed by atoms with Crippen LogP contribution in [0.1, 0.15) is 33.6 Å². The molecule has 0 bridgehead atoms. The van der Waals surface area contributed by atoms with E-state index in [1.807, 2.05) is 0 Å². The van der Waals surface area contributed by atoms with Crippen LogP contribution in [0.2, 0.25) is 10.0 Å². The van der Waals surface area contributed by atoms with Crippen LogP contribution in [0.5, 0.6) is 0 Å². The van der Waals surface area contributed by atoms with Gasteiger partial charge >= 0.3 is 6.09 Å². The van der Waals surface area contributed by atoms with Gasteiger partial charge in [-0.1, -0.05) is 23.2 Å². The van der Waals surface area contributed by atoms with Crippen LogP contribution in [0.25, 0.3) is 0 Å². The van der Waals surface area contributed by atoms with Gasteiger partial charge in [-0.05, 0) is 57.7 Å². The average molecular weight is 408 g/mol. The van der Waals surface area contributed by atoms with Crippen LogP contribution >= 0.6 is 23.2 Å². The Kier molecular flexibility index (Phi) is 6.28. The molecule has 0 aromatic heterocycles. The predicted molar refractivity (Wildman–Crippen MR) is 99.0 cm³/mol. The summed E-state index contributed by atoms with van der Waals surface area (Å²) < 4.78 is 30.7. The topological polar surface area (TPSA) is 63.7 Å². The Bertz CT molecular complexity index is 744. The number of carbonyl (C=O) groups is 1. The normalized spacial score (nSPS) is 18.9. The summed E-state index contributed by atoms with van der Waals surface area (Å²) >= 11 is 11.9. The van der Waals surface area contributed by atoms with Crippen molar-refractivity contribution in [3.63, 3.8) is 0 Å². The molecular weight excluding hydrogens is 385 g/mol. The molecule has 2 rings (SSSR count). The molecule has 0 unspecified atom stereocenters. The lowest BCUT2D eigenvalue weighted by atomic mass is 10.0. The fourth-order valence-corrected chi connectivity index (χ4v) is 5.29. The van der Waals surface area contributed by atoms with E-state index in [0.717, 1.165) is 12.8 Å². The molecule has 0 aliphatic carbocycles. The fraction of sp³-hybridized carbons (Fsp3) is 0.588. The summed E-state index contributed by atoms with van der Waals surface area (Å²) in [6, 6.07) is 4.35. The fourth-order valence-electron chi connectivity index (χ4n) is 2.82. The maximum absolute atomic E-state index is 12.7. The van der Waals surface area contributed by atoms with E-state index < -0.39 is 21.5 Å². The maximum atomic E-state index is 12.7. The van der Waals surface area contributed by atoms with E-state index in [9.17, 15) is 13.2 Å². The number of nitrogens with zero attached hydrogens (tertiary/aromatic N) is 1. The Balaban J connectivity index is 2.07. The predicted octanol–water partition coefficient (Wildman–Crippen LogP) is 4.41. The van der Waals surface area contributed by atoms with Gasteiger partial charge in [0.15, 0.2) is 9.84 Å². The monoisotopic (exact) mass is 407 g/mol. The Labute approximate surface area is 159 Å². The first-order chi connectivity index (χ1) is 11.5. The highest BCUT2D eigenvalue weighted by Crippen LogP contribution is 2.29. The van der Waals surface area contributed by atoms with Crippen molar-refractivity contribution in [2.75, 3.05) is 18.8 Å². The summed E-state index contributed by atoms with van der Waals surface area (Å²) in [4.78, 5) is 13.9. The molecule has 25 heavy (non-hydrogen) atoms. The SMILES string of the molecule is CC(C)(C)OC(=O)N1CCC[C@H](CS(=O)(=O)c2ccc(Cl)cc2Cl)C1. The third-order valence-electron chi connectivity index (χ3n) is 3.85. The van der Waals surface area contributed by atoms with E-state index in [0.29, 0.717) is 18.1 Å². The zero-order chi connectivity index (χ0) is 18.8. The number of hydrogen-bond acceptors (Lipinski definition) is 4. The minimum Gasteiger partial charge on any atom is -0.444 e.